The van der Waals surface area contributed by atoms with E-state index < -0.39 is 10.8 Å². The highest BCUT2D eigenvalue weighted by Gasteiger charge is 2.23. The summed E-state index contributed by atoms with van der Waals surface area (Å²) in [6.45, 7) is 3.43. The molecule has 1 aliphatic rings. The van der Waals surface area contributed by atoms with Gasteiger partial charge >= 0.3 is 0 Å². The molecule has 34 heavy (non-hydrogen) atoms. The van der Waals surface area contributed by atoms with E-state index >= 15 is 0 Å². The number of hydrogen-bond acceptors (Lipinski definition) is 7. The van der Waals surface area contributed by atoms with E-state index in [0.29, 0.717) is 28.5 Å². The third kappa shape index (κ3) is 4.19. The fraction of sp³-hybridized carbons (Fsp3) is 0.240. The molecule has 1 fully saturated rings. The molecule has 1 amide bonds. The lowest BCUT2D eigenvalue weighted by molar-refractivity contribution is -0.384. The molecule has 4 aromatic rings. The maximum atomic E-state index is 12.9. The Morgan fingerprint density at radius 1 is 1.12 bits per heavy atom. The van der Waals surface area contributed by atoms with Crippen molar-refractivity contribution >= 4 is 34.2 Å². The first-order chi connectivity index (χ1) is 16.5. The molecule has 0 aliphatic carbocycles. The molecule has 1 aliphatic heterocycles. The predicted molar refractivity (Wildman–Crippen MR) is 129 cm³/mol. The standard InChI is InChI=1S/C25H23N5O4/c1-16-14-18(25-28-23-22(34-25)6-5-11-26-23)7-9-19(16)27-24(31)17-8-10-20(21(15-17)30(32)33)29-12-3-2-4-13-29/h5-11,14-15H,2-4,12-13H2,1H3,(H,27,31). The first kappa shape index (κ1) is 21.6. The summed E-state index contributed by atoms with van der Waals surface area (Å²) in [6.07, 6.45) is 4.80. The molecule has 172 valence electrons. The summed E-state index contributed by atoms with van der Waals surface area (Å²) in [7, 11) is 0. The quantitative estimate of drug-likeness (QED) is 0.317. The number of piperidine rings is 1. The van der Waals surface area contributed by atoms with E-state index in [1.54, 1.807) is 42.6 Å². The fourth-order valence-corrected chi connectivity index (χ4v) is 4.24. The molecule has 2 aromatic heterocycles. The van der Waals surface area contributed by atoms with Crippen LogP contribution in [-0.4, -0.2) is 33.9 Å². The van der Waals surface area contributed by atoms with Crippen molar-refractivity contribution in [2.75, 3.05) is 23.3 Å². The number of benzene rings is 2. The number of anilines is 2. The summed E-state index contributed by atoms with van der Waals surface area (Å²) in [5.74, 6) is 0.0359. The van der Waals surface area contributed by atoms with Crippen LogP contribution in [0.25, 0.3) is 22.7 Å². The third-order valence-electron chi connectivity index (χ3n) is 6.02. The molecule has 0 unspecified atom stereocenters. The van der Waals surface area contributed by atoms with E-state index in [1.807, 2.05) is 17.9 Å². The minimum absolute atomic E-state index is 0.0498. The van der Waals surface area contributed by atoms with E-state index in [0.717, 1.165) is 43.5 Å². The summed E-state index contributed by atoms with van der Waals surface area (Å²) < 4.78 is 5.77. The van der Waals surface area contributed by atoms with Gasteiger partial charge in [0.05, 0.1) is 4.92 Å². The number of carbonyl (C=O) groups is 1. The van der Waals surface area contributed by atoms with Gasteiger partial charge in [-0.3, -0.25) is 14.9 Å². The van der Waals surface area contributed by atoms with Crippen LogP contribution in [0.1, 0.15) is 35.2 Å². The Morgan fingerprint density at radius 2 is 1.94 bits per heavy atom. The molecule has 0 radical (unpaired) electrons. The number of nitro groups is 1. The molecule has 9 nitrogen and oxygen atoms in total. The van der Waals surface area contributed by atoms with Gasteiger partial charge in [-0.05, 0) is 74.2 Å². The van der Waals surface area contributed by atoms with E-state index in [4.69, 9.17) is 4.42 Å². The number of aromatic nitrogens is 2. The SMILES string of the molecule is Cc1cc(-c2nc3ncccc3o2)ccc1NC(=O)c1ccc(N2CCCCC2)c([N+](=O)[O-])c1. The van der Waals surface area contributed by atoms with Crippen LogP contribution in [-0.2, 0) is 0 Å². The summed E-state index contributed by atoms with van der Waals surface area (Å²) in [5.41, 5.74) is 4.05. The van der Waals surface area contributed by atoms with E-state index in [1.165, 1.54) is 6.07 Å². The van der Waals surface area contributed by atoms with Crippen LogP contribution in [0.3, 0.4) is 0 Å². The summed E-state index contributed by atoms with van der Waals surface area (Å²) in [6, 6.07) is 13.7. The van der Waals surface area contributed by atoms with Gasteiger partial charge in [-0.25, -0.2) is 4.98 Å². The molecule has 9 heteroatoms. The van der Waals surface area contributed by atoms with Gasteiger partial charge in [-0.1, -0.05) is 0 Å². The maximum Gasteiger partial charge on any atom is 0.293 e. The van der Waals surface area contributed by atoms with Crippen molar-refractivity contribution in [3.05, 3.63) is 76.0 Å². The number of nitrogens with one attached hydrogen (secondary N) is 1. The number of nitro benzene ring substituents is 1. The average Bonchev–Trinajstić information content (AvgIpc) is 3.30. The largest absolute Gasteiger partial charge is 0.434 e. The molecular formula is C25H23N5O4. The number of aryl methyl sites for hydroxylation is 1. The lowest BCUT2D eigenvalue weighted by Crippen LogP contribution is -2.30. The minimum Gasteiger partial charge on any atom is -0.434 e. The monoisotopic (exact) mass is 457 g/mol. The van der Waals surface area contributed by atoms with Gasteiger partial charge < -0.3 is 14.6 Å². The number of rotatable bonds is 5. The van der Waals surface area contributed by atoms with Crippen LogP contribution >= 0.6 is 0 Å². The molecule has 5 rings (SSSR count). The minimum atomic E-state index is -0.421. The van der Waals surface area contributed by atoms with Gasteiger partial charge in [-0.15, -0.1) is 0 Å². The topological polar surface area (TPSA) is 114 Å². The van der Waals surface area contributed by atoms with Crippen molar-refractivity contribution in [3.8, 4) is 11.5 Å². The van der Waals surface area contributed by atoms with Crippen LogP contribution in [0, 0.1) is 17.0 Å². The summed E-state index contributed by atoms with van der Waals surface area (Å²) in [4.78, 5) is 34.8. The number of amides is 1. The molecule has 0 bridgehead atoms. The lowest BCUT2D eigenvalue weighted by atomic mass is 10.1. The number of carbonyl (C=O) groups excluding carboxylic acids is 1. The van der Waals surface area contributed by atoms with E-state index in [9.17, 15) is 14.9 Å². The second-order valence-electron chi connectivity index (χ2n) is 8.34. The molecule has 3 heterocycles. The second-order valence-corrected chi connectivity index (χ2v) is 8.34. The zero-order valence-corrected chi connectivity index (χ0v) is 18.7. The van der Waals surface area contributed by atoms with Crippen LogP contribution in [0.2, 0.25) is 0 Å². The molecule has 0 atom stereocenters. The summed E-state index contributed by atoms with van der Waals surface area (Å²) >= 11 is 0. The van der Waals surface area contributed by atoms with Crippen LogP contribution in [0.15, 0.2) is 59.1 Å². The zero-order chi connectivity index (χ0) is 23.7. The fourth-order valence-electron chi connectivity index (χ4n) is 4.24. The number of fused-ring (bicyclic) bond motifs is 1. The Balaban J connectivity index is 1.37. The smallest absolute Gasteiger partial charge is 0.293 e. The number of oxazole rings is 1. The second kappa shape index (κ2) is 8.93. The van der Waals surface area contributed by atoms with Gasteiger partial charge in [0, 0.05) is 42.2 Å². The Hall–Kier alpha value is -4.27. The van der Waals surface area contributed by atoms with Gasteiger partial charge in [0.1, 0.15) is 5.69 Å². The maximum absolute atomic E-state index is 12.9. The third-order valence-corrected chi connectivity index (χ3v) is 6.02. The number of pyridine rings is 1. The van der Waals surface area contributed by atoms with Crippen molar-refractivity contribution in [2.45, 2.75) is 26.2 Å². The molecular weight excluding hydrogens is 434 g/mol. The number of nitrogens with zero attached hydrogens (tertiary/aromatic N) is 4. The van der Waals surface area contributed by atoms with E-state index in [-0.39, 0.29) is 11.3 Å². The molecule has 1 saturated heterocycles. The Morgan fingerprint density at radius 3 is 2.68 bits per heavy atom. The van der Waals surface area contributed by atoms with Crippen molar-refractivity contribution in [2.24, 2.45) is 0 Å². The summed E-state index contributed by atoms with van der Waals surface area (Å²) in [5, 5.41) is 14.6. The van der Waals surface area contributed by atoms with Crippen LogP contribution in [0.4, 0.5) is 17.1 Å². The zero-order valence-electron chi connectivity index (χ0n) is 18.7. The van der Waals surface area contributed by atoms with Gasteiger partial charge in [-0.2, -0.15) is 4.98 Å². The average molecular weight is 457 g/mol. The van der Waals surface area contributed by atoms with Gasteiger partial charge in [0.25, 0.3) is 11.6 Å². The highest BCUT2D eigenvalue weighted by molar-refractivity contribution is 6.05. The van der Waals surface area contributed by atoms with Crippen LogP contribution < -0.4 is 10.2 Å². The normalized spacial score (nSPS) is 13.7. The molecule has 1 N–H and O–H groups in total. The van der Waals surface area contributed by atoms with Crippen molar-refractivity contribution in [1.82, 2.24) is 9.97 Å². The first-order valence-corrected chi connectivity index (χ1v) is 11.2. The highest BCUT2D eigenvalue weighted by atomic mass is 16.6. The number of hydrogen-bond donors (Lipinski definition) is 1. The highest BCUT2D eigenvalue weighted by Crippen LogP contribution is 2.32. The first-order valence-electron chi connectivity index (χ1n) is 11.2. The Bertz CT molecular complexity index is 1360. The predicted octanol–water partition coefficient (Wildman–Crippen LogP) is 5.35. The lowest BCUT2D eigenvalue weighted by Gasteiger charge is -2.28. The van der Waals surface area contributed by atoms with Gasteiger partial charge in [0.2, 0.25) is 5.89 Å². The van der Waals surface area contributed by atoms with Gasteiger partial charge in [0.15, 0.2) is 11.2 Å². The van der Waals surface area contributed by atoms with Crippen molar-refractivity contribution in [3.63, 3.8) is 0 Å². The Labute approximate surface area is 195 Å². The van der Waals surface area contributed by atoms with E-state index in [2.05, 4.69) is 15.3 Å². The van der Waals surface area contributed by atoms with Crippen LogP contribution in [0.5, 0.6) is 0 Å². The molecule has 0 spiro atoms. The van der Waals surface area contributed by atoms with Crippen molar-refractivity contribution < 1.29 is 14.1 Å². The van der Waals surface area contributed by atoms with Crippen molar-refractivity contribution in [1.29, 1.82) is 0 Å². The molecule has 0 saturated carbocycles. The Kier molecular flexibility index (Phi) is 5.67. The molecule has 2 aromatic carbocycles.